The molecule has 1 aromatic carbocycles. The van der Waals surface area contributed by atoms with Crippen LogP contribution in [0.3, 0.4) is 0 Å². The van der Waals surface area contributed by atoms with Crippen molar-refractivity contribution in [1.82, 2.24) is 15.2 Å². The number of anilines is 2. The van der Waals surface area contributed by atoms with Gasteiger partial charge in [0.25, 0.3) is 0 Å². The predicted molar refractivity (Wildman–Crippen MR) is 119 cm³/mol. The second kappa shape index (κ2) is 8.73. The molecule has 1 amide bonds. The molecule has 5 rings (SSSR count). The molecule has 3 heterocycles. The Labute approximate surface area is 189 Å². The van der Waals surface area contributed by atoms with Crippen LogP contribution in [0.5, 0.6) is 0 Å². The van der Waals surface area contributed by atoms with Gasteiger partial charge in [-0.15, -0.1) is 10.2 Å². The van der Waals surface area contributed by atoms with Gasteiger partial charge in [-0.3, -0.25) is 4.90 Å². The van der Waals surface area contributed by atoms with Crippen LogP contribution in [-0.4, -0.2) is 40.0 Å². The highest BCUT2D eigenvalue weighted by molar-refractivity contribution is 5.90. The molecule has 7 nitrogen and oxygen atoms in total. The average molecular weight is 451 g/mol. The highest BCUT2D eigenvalue weighted by Gasteiger charge is 2.48. The van der Waals surface area contributed by atoms with E-state index in [9.17, 15) is 13.6 Å². The first kappa shape index (κ1) is 21.2. The first-order valence-electron chi connectivity index (χ1n) is 11.0. The number of nitrogens with zero attached hydrogens (tertiary/aromatic N) is 4. The molecule has 0 unspecified atom stereocenters. The van der Waals surface area contributed by atoms with Crippen molar-refractivity contribution < 1.29 is 18.3 Å². The molecule has 9 heteroatoms. The fraction of sp³-hybridized carbons (Fsp3) is 0.333. The second-order valence-electron chi connectivity index (χ2n) is 8.59. The lowest BCUT2D eigenvalue weighted by molar-refractivity contribution is 0.0148. The summed E-state index contributed by atoms with van der Waals surface area (Å²) >= 11 is 0. The van der Waals surface area contributed by atoms with Gasteiger partial charge in [-0.1, -0.05) is 12.1 Å². The van der Waals surface area contributed by atoms with Crippen LogP contribution in [0.2, 0.25) is 0 Å². The third kappa shape index (κ3) is 4.48. The van der Waals surface area contributed by atoms with E-state index in [1.165, 1.54) is 23.2 Å². The Morgan fingerprint density at radius 3 is 2.67 bits per heavy atom. The second-order valence-corrected chi connectivity index (χ2v) is 8.59. The molecule has 0 radical (unpaired) electrons. The molecule has 1 saturated heterocycles. The van der Waals surface area contributed by atoms with E-state index < -0.39 is 17.6 Å². The summed E-state index contributed by atoms with van der Waals surface area (Å²) in [6, 6.07) is 13.0. The van der Waals surface area contributed by atoms with E-state index in [1.807, 2.05) is 12.1 Å². The van der Waals surface area contributed by atoms with Crippen LogP contribution in [0.15, 0.2) is 54.7 Å². The summed E-state index contributed by atoms with van der Waals surface area (Å²) in [4.78, 5) is 17.4. The van der Waals surface area contributed by atoms with Crippen molar-refractivity contribution >= 4 is 17.6 Å². The van der Waals surface area contributed by atoms with Gasteiger partial charge in [0.05, 0.1) is 12.2 Å². The number of halogens is 2. The molecular formula is C24H23F2N5O2. The number of hydrogen-bond donors (Lipinski definition) is 1. The van der Waals surface area contributed by atoms with Gasteiger partial charge in [-0.25, -0.2) is 14.2 Å². The van der Waals surface area contributed by atoms with E-state index in [4.69, 9.17) is 4.74 Å². The number of amides is 1. The molecule has 3 aromatic rings. The van der Waals surface area contributed by atoms with E-state index in [0.29, 0.717) is 42.4 Å². The van der Waals surface area contributed by atoms with Crippen molar-refractivity contribution in [2.75, 3.05) is 23.3 Å². The van der Waals surface area contributed by atoms with Crippen LogP contribution in [-0.2, 0) is 4.74 Å². The molecular weight excluding hydrogens is 428 g/mol. The highest BCUT2D eigenvalue weighted by atomic mass is 19.1. The zero-order chi connectivity index (χ0) is 22.8. The van der Waals surface area contributed by atoms with Crippen LogP contribution < -0.4 is 10.2 Å². The van der Waals surface area contributed by atoms with E-state index in [-0.39, 0.29) is 11.5 Å². The highest BCUT2D eigenvalue weighted by Crippen LogP contribution is 2.41. The monoisotopic (exact) mass is 451 g/mol. The Kier molecular flexibility index (Phi) is 5.62. The van der Waals surface area contributed by atoms with Crippen LogP contribution >= 0.6 is 0 Å². The number of carbonyl (C=O) groups is 1. The zero-order valence-corrected chi connectivity index (χ0v) is 17.9. The molecule has 1 saturated carbocycles. The van der Waals surface area contributed by atoms with Crippen LogP contribution in [0.1, 0.15) is 25.7 Å². The Morgan fingerprint density at radius 1 is 1.09 bits per heavy atom. The van der Waals surface area contributed by atoms with Crippen molar-refractivity contribution in [1.29, 1.82) is 0 Å². The first-order valence-corrected chi connectivity index (χ1v) is 11.0. The third-order valence-corrected chi connectivity index (χ3v) is 6.37. The Hall–Kier alpha value is -3.62. The van der Waals surface area contributed by atoms with Gasteiger partial charge >= 0.3 is 6.09 Å². The summed E-state index contributed by atoms with van der Waals surface area (Å²) in [5, 5.41) is 11.7. The Balaban J connectivity index is 1.15. The summed E-state index contributed by atoms with van der Waals surface area (Å²) in [6.45, 7) is 1.06. The number of hydrogen-bond acceptors (Lipinski definition) is 6. The lowest BCUT2D eigenvalue weighted by atomic mass is 9.78. The summed E-state index contributed by atoms with van der Waals surface area (Å²) in [5.41, 5.74) is 0.862. The summed E-state index contributed by atoms with van der Waals surface area (Å²) in [7, 11) is 0. The van der Waals surface area contributed by atoms with Crippen molar-refractivity contribution in [2.45, 2.75) is 31.3 Å². The van der Waals surface area contributed by atoms with Crippen LogP contribution in [0, 0.1) is 17.7 Å². The van der Waals surface area contributed by atoms with Gasteiger partial charge in [-0.05, 0) is 68.0 Å². The Bertz CT molecular complexity index is 1150. The minimum Gasteiger partial charge on any atom is -0.441 e. The molecule has 1 aliphatic heterocycles. The molecule has 33 heavy (non-hydrogen) atoms. The van der Waals surface area contributed by atoms with Crippen LogP contribution in [0.25, 0.3) is 11.3 Å². The van der Waals surface area contributed by atoms with Gasteiger partial charge in [0.1, 0.15) is 22.9 Å². The number of rotatable bonds is 5. The van der Waals surface area contributed by atoms with Crippen molar-refractivity contribution in [3.05, 3.63) is 66.5 Å². The maximum Gasteiger partial charge on any atom is 0.415 e. The molecule has 1 N–H and O–H groups in total. The summed E-state index contributed by atoms with van der Waals surface area (Å²) < 4.78 is 33.2. The number of benzene rings is 1. The van der Waals surface area contributed by atoms with Gasteiger partial charge in [0.15, 0.2) is 0 Å². The number of aromatic nitrogens is 3. The summed E-state index contributed by atoms with van der Waals surface area (Å²) in [6.07, 6.45) is 4.01. The van der Waals surface area contributed by atoms with Gasteiger partial charge in [-0.2, -0.15) is 4.39 Å². The molecule has 1 spiro atoms. The normalized spacial score (nSPS) is 22.4. The lowest BCUT2D eigenvalue weighted by Gasteiger charge is -2.35. The quantitative estimate of drug-likeness (QED) is 0.561. The van der Waals surface area contributed by atoms with Crippen LogP contribution in [0.4, 0.5) is 25.1 Å². The van der Waals surface area contributed by atoms with Crippen molar-refractivity contribution in [3.8, 4) is 11.3 Å². The number of pyridine rings is 1. The maximum atomic E-state index is 14.0. The molecule has 170 valence electrons. The minimum atomic E-state index is -0.672. The number of nitrogens with one attached hydrogen (secondary N) is 1. The molecule has 0 atom stereocenters. The average Bonchev–Trinajstić information content (AvgIpc) is 3.15. The number of carbonyl (C=O) groups excluding carboxylic acids is 1. The van der Waals surface area contributed by atoms with E-state index in [2.05, 4.69) is 20.5 Å². The SMILES string of the molecule is O=C1O[C@]2(CC[C@H](CNc3ccc(-c4cccc(F)c4)nn3)CC2)CN1c1cccnc1F. The molecule has 2 fully saturated rings. The van der Waals surface area contributed by atoms with E-state index >= 15 is 0 Å². The van der Waals surface area contributed by atoms with Crippen molar-refractivity contribution in [3.63, 3.8) is 0 Å². The van der Waals surface area contributed by atoms with E-state index in [1.54, 1.807) is 24.3 Å². The molecule has 1 aliphatic carbocycles. The maximum absolute atomic E-state index is 14.0. The molecule has 2 aromatic heterocycles. The fourth-order valence-electron chi connectivity index (χ4n) is 4.53. The third-order valence-electron chi connectivity index (χ3n) is 6.37. The smallest absolute Gasteiger partial charge is 0.415 e. The number of ether oxygens (including phenoxy) is 1. The lowest BCUT2D eigenvalue weighted by Crippen LogP contribution is -2.39. The van der Waals surface area contributed by atoms with Gasteiger partial charge in [0, 0.05) is 18.3 Å². The largest absolute Gasteiger partial charge is 0.441 e. The fourth-order valence-corrected chi connectivity index (χ4v) is 4.53. The minimum absolute atomic E-state index is 0.156. The summed E-state index contributed by atoms with van der Waals surface area (Å²) in [5.74, 6) is 0.0614. The standard InChI is InChI=1S/C24H23F2N5O2/c25-18-4-1-3-17(13-18)19-6-7-21(30-29-19)28-14-16-8-10-24(11-9-16)15-31(23(32)33-24)20-5-2-12-27-22(20)26/h1-7,12-13,16H,8-11,14-15H2,(H,28,30)/t16-,24-. The predicted octanol–water partition coefficient (Wildman–Crippen LogP) is 4.81. The first-order chi connectivity index (χ1) is 16.0. The van der Waals surface area contributed by atoms with Crippen molar-refractivity contribution in [2.24, 2.45) is 5.92 Å². The molecule has 2 aliphatic rings. The van der Waals surface area contributed by atoms with E-state index in [0.717, 1.165) is 19.4 Å². The Morgan fingerprint density at radius 2 is 1.94 bits per heavy atom. The topological polar surface area (TPSA) is 80.2 Å². The van der Waals surface area contributed by atoms with Gasteiger partial charge < -0.3 is 10.1 Å². The zero-order valence-electron chi connectivity index (χ0n) is 17.9. The van der Waals surface area contributed by atoms with Gasteiger partial charge in [0.2, 0.25) is 5.95 Å². The molecule has 0 bridgehead atoms.